The van der Waals surface area contributed by atoms with Gasteiger partial charge in [0, 0.05) is 29.6 Å². The number of methoxy groups -OCH3 is 1. The summed E-state index contributed by atoms with van der Waals surface area (Å²) in [6, 6.07) is 8.75. The lowest BCUT2D eigenvalue weighted by Gasteiger charge is -2.24. The zero-order valence-electron chi connectivity index (χ0n) is 16.2. The summed E-state index contributed by atoms with van der Waals surface area (Å²) in [5.41, 5.74) is 5.14. The maximum absolute atomic E-state index is 12.5. The first-order valence-corrected chi connectivity index (χ1v) is 10.6. The Labute approximate surface area is 178 Å². The van der Waals surface area contributed by atoms with E-state index in [2.05, 4.69) is 10.9 Å². The first-order chi connectivity index (χ1) is 14.0. The summed E-state index contributed by atoms with van der Waals surface area (Å²) in [7, 11) is 1.46. The Morgan fingerprint density at radius 1 is 1.34 bits per heavy atom. The molecule has 1 atom stereocenters. The first kappa shape index (κ1) is 21.6. The van der Waals surface area contributed by atoms with Crippen LogP contribution in [0.3, 0.4) is 0 Å². The van der Waals surface area contributed by atoms with Crippen molar-refractivity contribution in [1.82, 2.24) is 15.8 Å². The Hall–Kier alpha value is -2.13. The topological polar surface area (TPSA) is 79.9 Å². The number of benzene rings is 1. The molecule has 1 aliphatic heterocycles. The molecule has 3 rings (SSSR count). The molecule has 1 unspecified atom stereocenters. The lowest BCUT2D eigenvalue weighted by atomic mass is 10.2. The molecule has 1 aromatic carbocycles. The van der Waals surface area contributed by atoms with E-state index in [0.29, 0.717) is 23.9 Å². The SMILES string of the molecule is COc1ccc(Cl)cc1C(=O)NNC(=O)CN(Cc1cccs1)CC1CCCO1. The number of rotatable bonds is 8. The van der Waals surface area contributed by atoms with Gasteiger partial charge >= 0.3 is 0 Å². The highest BCUT2D eigenvalue weighted by molar-refractivity contribution is 7.09. The number of nitrogens with zero attached hydrogens (tertiary/aromatic N) is 1. The van der Waals surface area contributed by atoms with Crippen LogP contribution in [0.15, 0.2) is 35.7 Å². The average molecular weight is 438 g/mol. The van der Waals surface area contributed by atoms with Crippen molar-refractivity contribution in [2.45, 2.75) is 25.5 Å². The molecule has 0 spiro atoms. The van der Waals surface area contributed by atoms with Crippen molar-refractivity contribution in [3.05, 3.63) is 51.2 Å². The number of hydrogen-bond donors (Lipinski definition) is 2. The second kappa shape index (κ2) is 10.6. The third-order valence-electron chi connectivity index (χ3n) is 4.53. The van der Waals surface area contributed by atoms with Crippen molar-refractivity contribution in [3.8, 4) is 5.75 Å². The van der Waals surface area contributed by atoms with Crippen LogP contribution in [0.25, 0.3) is 0 Å². The minimum Gasteiger partial charge on any atom is -0.496 e. The van der Waals surface area contributed by atoms with Crippen molar-refractivity contribution >= 4 is 34.8 Å². The van der Waals surface area contributed by atoms with Gasteiger partial charge in [-0.1, -0.05) is 17.7 Å². The van der Waals surface area contributed by atoms with E-state index in [9.17, 15) is 9.59 Å². The van der Waals surface area contributed by atoms with Gasteiger partial charge in [0.1, 0.15) is 5.75 Å². The molecule has 0 bridgehead atoms. The molecule has 0 aliphatic carbocycles. The van der Waals surface area contributed by atoms with Crippen molar-refractivity contribution in [3.63, 3.8) is 0 Å². The predicted octanol–water partition coefficient (Wildman–Crippen LogP) is 2.85. The van der Waals surface area contributed by atoms with Crippen LogP contribution in [-0.2, 0) is 16.1 Å². The molecule has 0 radical (unpaired) electrons. The van der Waals surface area contributed by atoms with Crippen LogP contribution in [0.2, 0.25) is 5.02 Å². The molecular formula is C20H24ClN3O4S. The standard InChI is InChI=1S/C20H24ClN3O4S/c1-27-18-7-6-14(21)10-17(18)20(26)23-22-19(25)13-24(11-15-4-2-8-28-15)12-16-5-3-9-29-16/h3,5-7,9-10,15H,2,4,8,11-13H2,1H3,(H,22,25)(H,23,26). The molecular weight excluding hydrogens is 414 g/mol. The maximum atomic E-state index is 12.5. The summed E-state index contributed by atoms with van der Waals surface area (Å²) in [4.78, 5) is 28.1. The Morgan fingerprint density at radius 3 is 2.90 bits per heavy atom. The summed E-state index contributed by atoms with van der Waals surface area (Å²) >= 11 is 7.60. The van der Waals surface area contributed by atoms with Gasteiger partial charge in [0.2, 0.25) is 0 Å². The van der Waals surface area contributed by atoms with Crippen LogP contribution >= 0.6 is 22.9 Å². The van der Waals surface area contributed by atoms with Crippen LogP contribution < -0.4 is 15.6 Å². The van der Waals surface area contributed by atoms with Crippen LogP contribution in [0, 0.1) is 0 Å². The van der Waals surface area contributed by atoms with Crippen LogP contribution in [0.1, 0.15) is 28.1 Å². The van der Waals surface area contributed by atoms with E-state index in [1.165, 1.54) is 18.1 Å². The van der Waals surface area contributed by atoms with Crippen molar-refractivity contribution in [1.29, 1.82) is 0 Å². The van der Waals surface area contributed by atoms with E-state index in [1.807, 2.05) is 22.4 Å². The number of ether oxygens (including phenoxy) is 2. The fourth-order valence-corrected chi connectivity index (χ4v) is 4.10. The van der Waals surface area contributed by atoms with Gasteiger partial charge in [-0.25, -0.2) is 0 Å². The second-order valence-corrected chi connectivity index (χ2v) is 8.20. The fraction of sp³-hybridized carbons (Fsp3) is 0.400. The van der Waals surface area contributed by atoms with Gasteiger partial charge < -0.3 is 9.47 Å². The molecule has 1 saturated heterocycles. The smallest absolute Gasteiger partial charge is 0.273 e. The van der Waals surface area contributed by atoms with Gasteiger partial charge in [-0.2, -0.15) is 0 Å². The van der Waals surface area contributed by atoms with Crippen LogP contribution in [-0.4, -0.2) is 49.6 Å². The molecule has 9 heteroatoms. The molecule has 0 saturated carbocycles. The van der Waals surface area contributed by atoms with Gasteiger partial charge in [-0.05, 0) is 42.5 Å². The van der Waals surface area contributed by atoms with Gasteiger partial charge in [-0.3, -0.25) is 25.3 Å². The first-order valence-electron chi connectivity index (χ1n) is 9.34. The van der Waals surface area contributed by atoms with E-state index in [4.69, 9.17) is 21.1 Å². The van der Waals surface area contributed by atoms with Crippen molar-refractivity contribution < 1.29 is 19.1 Å². The van der Waals surface area contributed by atoms with E-state index < -0.39 is 5.91 Å². The third kappa shape index (κ3) is 6.43. The minimum absolute atomic E-state index is 0.132. The van der Waals surface area contributed by atoms with Gasteiger partial charge in [0.15, 0.2) is 0 Å². The van der Waals surface area contributed by atoms with E-state index >= 15 is 0 Å². The Morgan fingerprint density at radius 2 is 2.21 bits per heavy atom. The van der Waals surface area contributed by atoms with E-state index in [0.717, 1.165) is 19.4 Å². The molecule has 1 aliphatic rings. The molecule has 29 heavy (non-hydrogen) atoms. The number of hydrogen-bond acceptors (Lipinski definition) is 6. The summed E-state index contributed by atoms with van der Waals surface area (Å²) < 4.78 is 10.9. The highest BCUT2D eigenvalue weighted by Crippen LogP contribution is 2.22. The zero-order valence-corrected chi connectivity index (χ0v) is 17.7. The maximum Gasteiger partial charge on any atom is 0.273 e. The summed E-state index contributed by atoms with van der Waals surface area (Å²) in [5.74, 6) is -0.436. The van der Waals surface area contributed by atoms with E-state index in [1.54, 1.807) is 23.5 Å². The minimum atomic E-state index is -0.498. The highest BCUT2D eigenvalue weighted by atomic mass is 35.5. The van der Waals surface area contributed by atoms with E-state index in [-0.39, 0.29) is 24.1 Å². The molecule has 156 valence electrons. The molecule has 1 fully saturated rings. The van der Waals surface area contributed by atoms with Crippen molar-refractivity contribution in [2.24, 2.45) is 0 Å². The molecule has 2 heterocycles. The largest absolute Gasteiger partial charge is 0.496 e. The average Bonchev–Trinajstić information content (AvgIpc) is 3.40. The quantitative estimate of drug-likeness (QED) is 0.621. The van der Waals surface area contributed by atoms with Gasteiger partial charge in [-0.15, -0.1) is 11.3 Å². The number of nitrogens with one attached hydrogen (secondary N) is 2. The number of halogens is 1. The number of thiophene rings is 1. The summed E-state index contributed by atoms with van der Waals surface area (Å²) in [6.45, 7) is 2.23. The third-order valence-corrected chi connectivity index (χ3v) is 5.63. The molecule has 1 aromatic heterocycles. The van der Waals surface area contributed by atoms with Gasteiger partial charge in [0.05, 0.1) is 25.3 Å². The Kier molecular flexibility index (Phi) is 7.88. The van der Waals surface area contributed by atoms with Crippen LogP contribution in [0.5, 0.6) is 5.75 Å². The molecule has 2 N–H and O–H groups in total. The lowest BCUT2D eigenvalue weighted by molar-refractivity contribution is -0.123. The molecule has 7 nitrogen and oxygen atoms in total. The zero-order chi connectivity index (χ0) is 20.6. The fourth-order valence-electron chi connectivity index (χ4n) is 3.18. The Balaban J connectivity index is 1.56. The number of amides is 2. The summed E-state index contributed by atoms with van der Waals surface area (Å²) in [5, 5.41) is 2.42. The van der Waals surface area contributed by atoms with Gasteiger partial charge in [0.25, 0.3) is 11.8 Å². The Bertz CT molecular complexity index is 825. The normalized spacial score (nSPS) is 16.0. The number of carbonyl (C=O) groups is 2. The summed E-state index contributed by atoms with van der Waals surface area (Å²) in [6.07, 6.45) is 2.17. The molecule has 2 aromatic rings. The molecule has 2 amide bonds. The number of hydrazine groups is 1. The highest BCUT2D eigenvalue weighted by Gasteiger charge is 2.22. The van der Waals surface area contributed by atoms with Crippen molar-refractivity contribution in [2.75, 3.05) is 26.8 Å². The second-order valence-electron chi connectivity index (χ2n) is 6.73. The predicted molar refractivity (Wildman–Crippen MR) is 112 cm³/mol. The monoisotopic (exact) mass is 437 g/mol. The van der Waals surface area contributed by atoms with Crippen LogP contribution in [0.4, 0.5) is 0 Å². The lowest BCUT2D eigenvalue weighted by Crippen LogP contribution is -2.47. The number of carbonyl (C=O) groups excluding carboxylic acids is 2.